The number of carbonyl (C=O) groups is 1. The van der Waals surface area contributed by atoms with Crippen LogP contribution in [0.15, 0.2) is 46.3 Å². The molecule has 3 rings (SSSR count). The Balaban J connectivity index is 1.62. The highest BCUT2D eigenvalue weighted by Gasteiger charge is 2.17. The third-order valence-corrected chi connectivity index (χ3v) is 4.60. The van der Waals surface area contributed by atoms with Gasteiger partial charge < -0.3 is 14.6 Å². The van der Waals surface area contributed by atoms with Crippen LogP contribution in [0.4, 0.5) is 0 Å². The Morgan fingerprint density at radius 3 is 2.80 bits per heavy atom. The van der Waals surface area contributed by atoms with Crippen LogP contribution in [0.25, 0.3) is 10.4 Å². The van der Waals surface area contributed by atoms with Crippen molar-refractivity contribution in [3.63, 3.8) is 0 Å². The molecule has 3 aromatic rings. The van der Waals surface area contributed by atoms with Gasteiger partial charge in [0, 0.05) is 24.0 Å². The van der Waals surface area contributed by atoms with Crippen LogP contribution < -0.4 is 5.32 Å². The predicted molar refractivity (Wildman–Crippen MR) is 95.5 cm³/mol. The molecule has 0 unspecified atom stereocenters. The van der Waals surface area contributed by atoms with Gasteiger partial charge in [-0.2, -0.15) is 4.98 Å². The third-order valence-electron chi connectivity index (χ3n) is 3.68. The van der Waals surface area contributed by atoms with Gasteiger partial charge in [0.25, 0.3) is 5.91 Å². The van der Waals surface area contributed by atoms with Gasteiger partial charge in [-0.15, -0.1) is 11.3 Å². The molecule has 0 aliphatic rings. The Kier molecular flexibility index (Phi) is 5.57. The molecule has 6 nitrogen and oxygen atoms in total. The van der Waals surface area contributed by atoms with E-state index in [9.17, 15) is 4.79 Å². The minimum atomic E-state index is -0.367. The van der Waals surface area contributed by atoms with E-state index < -0.39 is 0 Å². The maximum absolute atomic E-state index is 12.4. The van der Waals surface area contributed by atoms with Crippen LogP contribution in [0.3, 0.4) is 0 Å². The number of amides is 1. The van der Waals surface area contributed by atoms with Crippen LogP contribution in [0, 0.1) is 0 Å². The second kappa shape index (κ2) is 8.04. The summed E-state index contributed by atoms with van der Waals surface area (Å²) in [4.78, 5) is 17.8. The molecule has 0 fully saturated rings. The zero-order valence-corrected chi connectivity index (χ0v) is 14.9. The number of carbonyl (C=O) groups excluding carboxylic acids is 1. The van der Waals surface area contributed by atoms with Crippen molar-refractivity contribution in [1.82, 2.24) is 15.5 Å². The molecule has 1 N–H and O–H groups in total. The highest BCUT2D eigenvalue weighted by Crippen LogP contribution is 2.24. The lowest BCUT2D eigenvalue weighted by Crippen LogP contribution is -2.26. The fourth-order valence-corrected chi connectivity index (χ4v) is 3.04. The lowest BCUT2D eigenvalue weighted by Gasteiger charge is -2.10. The maximum Gasteiger partial charge on any atom is 0.251 e. The molecular formula is C18H19N3O3S. The fourth-order valence-electron chi connectivity index (χ4n) is 2.31. The van der Waals surface area contributed by atoms with Gasteiger partial charge in [-0.1, -0.05) is 23.4 Å². The summed E-state index contributed by atoms with van der Waals surface area (Å²) in [7, 11) is 1.62. The van der Waals surface area contributed by atoms with E-state index in [1.807, 2.05) is 42.6 Å². The second-order valence-electron chi connectivity index (χ2n) is 5.54. The summed E-state index contributed by atoms with van der Waals surface area (Å²) in [5, 5.41) is 8.78. The van der Waals surface area contributed by atoms with E-state index in [4.69, 9.17) is 9.26 Å². The van der Waals surface area contributed by atoms with Crippen molar-refractivity contribution >= 4 is 17.2 Å². The van der Waals surface area contributed by atoms with Gasteiger partial charge in [-0.3, -0.25) is 4.79 Å². The zero-order chi connectivity index (χ0) is 17.6. The van der Waals surface area contributed by atoms with Gasteiger partial charge >= 0.3 is 0 Å². The average molecular weight is 357 g/mol. The molecule has 130 valence electrons. The first kappa shape index (κ1) is 17.3. The van der Waals surface area contributed by atoms with Crippen molar-refractivity contribution in [3.05, 3.63) is 59.1 Å². The quantitative estimate of drug-likeness (QED) is 0.700. The normalized spacial score (nSPS) is 12.1. The van der Waals surface area contributed by atoms with Crippen LogP contribution >= 0.6 is 11.3 Å². The zero-order valence-electron chi connectivity index (χ0n) is 14.1. The Hall–Kier alpha value is -2.51. The SMILES string of the molecule is COCCc1noc([C@@H](C)NC(=O)c2ccc(-c3cccs3)cc2)n1. The van der Waals surface area contributed by atoms with Gasteiger partial charge in [0.1, 0.15) is 6.04 Å². The molecule has 1 aromatic carbocycles. The Bertz CT molecular complexity index is 812. The minimum absolute atomic E-state index is 0.179. The highest BCUT2D eigenvalue weighted by atomic mass is 32.1. The van der Waals surface area contributed by atoms with E-state index in [0.29, 0.717) is 30.3 Å². The largest absolute Gasteiger partial charge is 0.384 e. The summed E-state index contributed by atoms with van der Waals surface area (Å²) in [6, 6.07) is 11.2. The van der Waals surface area contributed by atoms with Gasteiger partial charge in [0.2, 0.25) is 5.89 Å². The number of thiophene rings is 1. The van der Waals surface area contributed by atoms with Crippen molar-refractivity contribution in [3.8, 4) is 10.4 Å². The maximum atomic E-state index is 12.4. The lowest BCUT2D eigenvalue weighted by molar-refractivity contribution is 0.0932. The van der Waals surface area contributed by atoms with Crippen LogP contribution in [0.5, 0.6) is 0 Å². The number of rotatable bonds is 7. The van der Waals surface area contributed by atoms with Crippen molar-refractivity contribution in [2.75, 3.05) is 13.7 Å². The predicted octanol–water partition coefficient (Wildman–Crippen LogP) is 3.48. The first-order valence-corrected chi connectivity index (χ1v) is 8.81. The van der Waals surface area contributed by atoms with Gasteiger partial charge in [0.05, 0.1) is 6.61 Å². The molecule has 1 atom stereocenters. The van der Waals surface area contributed by atoms with Gasteiger partial charge in [-0.05, 0) is 36.1 Å². The number of benzene rings is 1. The minimum Gasteiger partial charge on any atom is -0.384 e. The molecule has 2 aromatic heterocycles. The molecule has 1 amide bonds. The van der Waals surface area contributed by atoms with Crippen LogP contribution in [0.2, 0.25) is 0 Å². The Labute approximate surface area is 149 Å². The van der Waals surface area contributed by atoms with E-state index in [1.54, 1.807) is 18.4 Å². The van der Waals surface area contributed by atoms with Gasteiger partial charge in [-0.25, -0.2) is 0 Å². The van der Waals surface area contributed by atoms with Crippen LogP contribution in [-0.2, 0) is 11.2 Å². The monoisotopic (exact) mass is 357 g/mol. The number of nitrogens with zero attached hydrogens (tertiary/aromatic N) is 2. The van der Waals surface area contributed by atoms with Crippen molar-refractivity contribution in [2.24, 2.45) is 0 Å². The van der Waals surface area contributed by atoms with Crippen molar-refractivity contribution in [1.29, 1.82) is 0 Å². The van der Waals surface area contributed by atoms with E-state index in [1.165, 1.54) is 4.88 Å². The third kappa shape index (κ3) is 4.32. The fraction of sp³-hybridized carbons (Fsp3) is 0.278. The molecule has 0 bridgehead atoms. The van der Waals surface area contributed by atoms with Crippen LogP contribution in [0.1, 0.15) is 35.0 Å². The molecule has 0 spiro atoms. The number of hydrogen-bond donors (Lipinski definition) is 1. The van der Waals surface area contributed by atoms with Crippen LogP contribution in [-0.4, -0.2) is 29.8 Å². The molecule has 2 heterocycles. The summed E-state index contributed by atoms with van der Waals surface area (Å²) >= 11 is 1.67. The van der Waals surface area contributed by atoms with Gasteiger partial charge in [0.15, 0.2) is 5.82 Å². The summed E-state index contributed by atoms with van der Waals surface area (Å²) in [5.41, 5.74) is 1.69. The first-order chi connectivity index (χ1) is 12.2. The summed E-state index contributed by atoms with van der Waals surface area (Å²) < 4.78 is 10.2. The molecular weight excluding hydrogens is 338 g/mol. The smallest absolute Gasteiger partial charge is 0.251 e. The number of aromatic nitrogens is 2. The molecule has 0 aliphatic carbocycles. The lowest BCUT2D eigenvalue weighted by atomic mass is 10.1. The Morgan fingerprint density at radius 2 is 2.12 bits per heavy atom. The number of hydrogen-bond acceptors (Lipinski definition) is 6. The first-order valence-electron chi connectivity index (χ1n) is 7.93. The van der Waals surface area contributed by atoms with Crippen molar-refractivity contribution in [2.45, 2.75) is 19.4 Å². The molecule has 0 saturated heterocycles. The Morgan fingerprint density at radius 1 is 1.32 bits per heavy atom. The molecule has 0 aliphatic heterocycles. The van der Waals surface area contributed by atoms with E-state index in [0.717, 1.165) is 5.56 Å². The molecule has 7 heteroatoms. The summed E-state index contributed by atoms with van der Waals surface area (Å²) in [6.45, 7) is 2.34. The standard InChI is InChI=1S/C18H19N3O3S/c1-12(18-20-16(21-24-18)9-10-23-2)19-17(22)14-7-5-13(6-8-14)15-4-3-11-25-15/h3-8,11-12H,9-10H2,1-2H3,(H,19,22)/t12-/m1/s1. The van der Waals surface area contributed by atoms with E-state index >= 15 is 0 Å². The molecule has 0 saturated carbocycles. The topological polar surface area (TPSA) is 77.3 Å². The van der Waals surface area contributed by atoms with Crippen molar-refractivity contribution < 1.29 is 14.1 Å². The molecule has 25 heavy (non-hydrogen) atoms. The number of ether oxygens (including phenoxy) is 1. The number of nitrogens with one attached hydrogen (secondary N) is 1. The van der Waals surface area contributed by atoms with E-state index in [2.05, 4.69) is 21.5 Å². The second-order valence-corrected chi connectivity index (χ2v) is 6.49. The number of methoxy groups -OCH3 is 1. The average Bonchev–Trinajstić information content (AvgIpc) is 3.32. The summed E-state index contributed by atoms with van der Waals surface area (Å²) in [6.07, 6.45) is 0.574. The van der Waals surface area contributed by atoms with E-state index in [-0.39, 0.29) is 11.9 Å². The summed E-state index contributed by atoms with van der Waals surface area (Å²) in [5.74, 6) is 0.773. The highest BCUT2D eigenvalue weighted by molar-refractivity contribution is 7.13. The molecule has 0 radical (unpaired) electrons.